The van der Waals surface area contributed by atoms with Gasteiger partial charge < -0.3 is 5.32 Å². The van der Waals surface area contributed by atoms with E-state index in [9.17, 15) is 4.79 Å². The minimum absolute atomic E-state index is 0.101. The quantitative estimate of drug-likeness (QED) is 0.857. The largest absolute Gasteiger partial charge is 0.301 e. The van der Waals surface area contributed by atoms with Gasteiger partial charge in [0, 0.05) is 16.0 Å². The fourth-order valence-electron chi connectivity index (χ4n) is 1.30. The van der Waals surface area contributed by atoms with Crippen LogP contribution in [0.3, 0.4) is 0 Å². The molecule has 0 aliphatic carbocycles. The molecule has 18 heavy (non-hydrogen) atoms. The summed E-state index contributed by atoms with van der Waals surface area (Å²) in [6.45, 7) is 0. The van der Waals surface area contributed by atoms with E-state index in [1.165, 1.54) is 11.3 Å². The molecule has 0 saturated carbocycles. The Hall–Kier alpha value is -0.810. The average Bonchev–Trinajstić information content (AvgIpc) is 2.77. The van der Waals surface area contributed by atoms with Gasteiger partial charge in [-0.3, -0.25) is 4.79 Å². The first kappa shape index (κ1) is 13.6. The van der Waals surface area contributed by atoms with Gasteiger partial charge in [-0.2, -0.15) is 0 Å². The van der Waals surface area contributed by atoms with Gasteiger partial charge in [0.1, 0.15) is 5.88 Å². The summed E-state index contributed by atoms with van der Waals surface area (Å²) in [5, 5.41) is 5.95. The molecule has 0 bridgehead atoms. The molecule has 1 aromatic heterocycles. The topological polar surface area (TPSA) is 42.0 Å². The number of hydrogen-bond acceptors (Lipinski definition) is 3. The van der Waals surface area contributed by atoms with Crippen molar-refractivity contribution in [3.8, 4) is 11.3 Å². The lowest BCUT2D eigenvalue weighted by atomic mass is 10.2. The van der Waals surface area contributed by atoms with Crippen molar-refractivity contribution >= 4 is 57.2 Å². The van der Waals surface area contributed by atoms with E-state index in [0.717, 1.165) is 5.56 Å². The molecule has 1 N–H and O–H groups in total. The molecule has 0 aliphatic rings. The van der Waals surface area contributed by atoms with Crippen LogP contribution in [0.25, 0.3) is 11.3 Å². The number of thiazole rings is 1. The lowest BCUT2D eigenvalue weighted by Gasteiger charge is -2.01. The van der Waals surface area contributed by atoms with E-state index in [-0.39, 0.29) is 11.8 Å². The normalized spacial score (nSPS) is 10.4. The van der Waals surface area contributed by atoms with Gasteiger partial charge in [0.05, 0.1) is 10.7 Å². The fraction of sp³-hybridized carbons (Fsp3) is 0.0909. The maximum absolute atomic E-state index is 11.1. The van der Waals surface area contributed by atoms with Gasteiger partial charge in [0.2, 0.25) is 5.91 Å². The van der Waals surface area contributed by atoms with Crippen molar-refractivity contribution in [3.05, 3.63) is 33.6 Å². The molecular formula is C11H7Cl3N2OS. The number of carbonyl (C=O) groups is 1. The smallest absolute Gasteiger partial charge is 0.241 e. The summed E-state index contributed by atoms with van der Waals surface area (Å²) in [4.78, 5) is 15.4. The Morgan fingerprint density at radius 1 is 1.39 bits per heavy atom. The van der Waals surface area contributed by atoms with Crippen molar-refractivity contribution in [2.75, 3.05) is 11.2 Å². The molecule has 0 spiro atoms. The molecule has 1 amide bonds. The molecular weight excluding hydrogens is 315 g/mol. The zero-order chi connectivity index (χ0) is 13.1. The van der Waals surface area contributed by atoms with Crippen molar-refractivity contribution in [1.82, 2.24) is 4.98 Å². The third kappa shape index (κ3) is 3.14. The van der Waals surface area contributed by atoms with Crippen LogP contribution in [0.15, 0.2) is 23.6 Å². The molecule has 0 saturated heterocycles. The van der Waals surface area contributed by atoms with Crippen molar-refractivity contribution < 1.29 is 4.79 Å². The highest BCUT2D eigenvalue weighted by molar-refractivity contribution is 7.14. The number of nitrogens with zero attached hydrogens (tertiary/aromatic N) is 1. The van der Waals surface area contributed by atoms with Crippen LogP contribution in [0.5, 0.6) is 0 Å². The van der Waals surface area contributed by atoms with Gasteiger partial charge >= 0.3 is 0 Å². The van der Waals surface area contributed by atoms with E-state index < -0.39 is 0 Å². The number of rotatable bonds is 3. The third-order valence-corrected chi connectivity index (χ3v) is 3.63. The van der Waals surface area contributed by atoms with Crippen molar-refractivity contribution in [3.63, 3.8) is 0 Å². The van der Waals surface area contributed by atoms with Gasteiger partial charge in [0.25, 0.3) is 0 Å². The maximum Gasteiger partial charge on any atom is 0.241 e. The Morgan fingerprint density at radius 3 is 2.83 bits per heavy atom. The second-order valence-corrected chi connectivity index (χ2v) is 5.31. The van der Waals surface area contributed by atoms with Crippen LogP contribution in [-0.4, -0.2) is 16.8 Å². The summed E-state index contributed by atoms with van der Waals surface area (Å²) in [5.74, 6) is -0.392. The highest BCUT2D eigenvalue weighted by Crippen LogP contribution is 2.32. The number of anilines is 1. The van der Waals surface area contributed by atoms with E-state index in [1.54, 1.807) is 23.6 Å². The van der Waals surface area contributed by atoms with E-state index in [0.29, 0.717) is 20.9 Å². The lowest BCUT2D eigenvalue weighted by Crippen LogP contribution is -2.12. The molecule has 0 radical (unpaired) electrons. The number of nitrogens with one attached hydrogen (secondary N) is 1. The van der Waals surface area contributed by atoms with Crippen LogP contribution in [0.1, 0.15) is 0 Å². The molecule has 1 aromatic carbocycles. The highest BCUT2D eigenvalue weighted by Gasteiger charge is 2.10. The van der Waals surface area contributed by atoms with Crippen molar-refractivity contribution in [1.29, 1.82) is 0 Å². The number of amides is 1. The monoisotopic (exact) mass is 320 g/mol. The molecule has 7 heteroatoms. The van der Waals surface area contributed by atoms with E-state index >= 15 is 0 Å². The Balaban J connectivity index is 2.26. The molecule has 2 rings (SSSR count). The second kappa shape index (κ2) is 5.89. The molecule has 0 atom stereocenters. The van der Waals surface area contributed by atoms with Gasteiger partial charge in [-0.05, 0) is 18.2 Å². The van der Waals surface area contributed by atoms with Crippen LogP contribution in [-0.2, 0) is 4.79 Å². The lowest BCUT2D eigenvalue weighted by molar-refractivity contribution is -0.113. The summed E-state index contributed by atoms with van der Waals surface area (Å²) in [5.41, 5.74) is 1.45. The predicted octanol–water partition coefficient (Wildman–Crippen LogP) is 4.29. The standard InChI is InChI=1S/C11H7Cl3N2OS/c12-4-10(17)16-11-15-9(5-18-11)7-2-1-6(13)3-8(7)14/h1-3,5H,4H2,(H,15,16,17). The summed E-state index contributed by atoms with van der Waals surface area (Å²) in [7, 11) is 0. The van der Waals surface area contributed by atoms with Crippen LogP contribution in [0.4, 0.5) is 5.13 Å². The molecule has 94 valence electrons. The molecule has 3 nitrogen and oxygen atoms in total. The highest BCUT2D eigenvalue weighted by atomic mass is 35.5. The number of carbonyl (C=O) groups excluding carboxylic acids is 1. The fourth-order valence-corrected chi connectivity index (χ4v) is 2.60. The average molecular weight is 322 g/mol. The SMILES string of the molecule is O=C(CCl)Nc1nc(-c2ccc(Cl)cc2Cl)cs1. The zero-order valence-electron chi connectivity index (χ0n) is 8.91. The summed E-state index contributed by atoms with van der Waals surface area (Å²) >= 11 is 18.6. The Labute approximate surface area is 123 Å². The molecule has 0 aliphatic heterocycles. The molecule has 0 fully saturated rings. The van der Waals surface area contributed by atoms with Gasteiger partial charge in [0.15, 0.2) is 5.13 Å². The number of benzene rings is 1. The third-order valence-electron chi connectivity index (χ3n) is 2.08. The minimum atomic E-state index is -0.292. The molecule has 0 unspecified atom stereocenters. The number of halogens is 3. The zero-order valence-corrected chi connectivity index (χ0v) is 12.0. The first-order valence-corrected chi connectivity index (χ1v) is 7.04. The number of alkyl halides is 1. The number of aromatic nitrogens is 1. The van der Waals surface area contributed by atoms with E-state index in [1.807, 2.05) is 0 Å². The number of hydrogen-bond donors (Lipinski definition) is 1. The van der Waals surface area contributed by atoms with Crippen molar-refractivity contribution in [2.24, 2.45) is 0 Å². The van der Waals surface area contributed by atoms with Crippen molar-refractivity contribution in [2.45, 2.75) is 0 Å². The maximum atomic E-state index is 11.1. The molecule has 2 aromatic rings. The van der Waals surface area contributed by atoms with Crippen LogP contribution < -0.4 is 5.32 Å². The summed E-state index contributed by atoms with van der Waals surface area (Å²) in [6.07, 6.45) is 0. The van der Waals surface area contributed by atoms with E-state index in [4.69, 9.17) is 34.8 Å². The second-order valence-electron chi connectivity index (χ2n) is 3.34. The first-order chi connectivity index (χ1) is 8.60. The Bertz CT molecular complexity index is 585. The van der Waals surface area contributed by atoms with Gasteiger partial charge in [-0.25, -0.2) is 4.98 Å². The predicted molar refractivity (Wildman–Crippen MR) is 76.9 cm³/mol. The first-order valence-electron chi connectivity index (χ1n) is 4.87. The Kier molecular flexibility index (Phi) is 4.45. The minimum Gasteiger partial charge on any atom is -0.301 e. The summed E-state index contributed by atoms with van der Waals surface area (Å²) in [6, 6.07) is 5.17. The van der Waals surface area contributed by atoms with Crippen LogP contribution in [0.2, 0.25) is 10.0 Å². The van der Waals surface area contributed by atoms with E-state index in [2.05, 4.69) is 10.3 Å². The summed E-state index contributed by atoms with van der Waals surface area (Å²) < 4.78 is 0. The van der Waals surface area contributed by atoms with Crippen LogP contribution >= 0.6 is 46.1 Å². The molecule has 1 heterocycles. The van der Waals surface area contributed by atoms with Gasteiger partial charge in [-0.15, -0.1) is 22.9 Å². The Morgan fingerprint density at radius 2 is 2.17 bits per heavy atom. The van der Waals surface area contributed by atoms with Gasteiger partial charge in [-0.1, -0.05) is 23.2 Å². The van der Waals surface area contributed by atoms with Crippen LogP contribution in [0, 0.1) is 0 Å².